The van der Waals surface area contributed by atoms with Crippen LogP contribution in [0.25, 0.3) is 22.4 Å². The van der Waals surface area contributed by atoms with Crippen molar-refractivity contribution in [2.75, 3.05) is 13.3 Å². The molecule has 3 aromatic rings. The van der Waals surface area contributed by atoms with Gasteiger partial charge in [-0.25, -0.2) is 4.39 Å². The van der Waals surface area contributed by atoms with E-state index in [-0.39, 0.29) is 6.54 Å². The van der Waals surface area contributed by atoms with Crippen LogP contribution in [0.15, 0.2) is 55.0 Å². The third-order valence-corrected chi connectivity index (χ3v) is 3.96. The summed E-state index contributed by atoms with van der Waals surface area (Å²) in [6.45, 7) is 2.67. The first-order valence-corrected chi connectivity index (χ1v) is 8.59. The Labute approximate surface area is 147 Å². The molecule has 0 aliphatic heterocycles. The van der Waals surface area contributed by atoms with Crippen LogP contribution in [-0.2, 0) is 6.54 Å². The molecule has 130 valence electrons. The highest BCUT2D eigenvalue weighted by Crippen LogP contribution is 2.31. The first-order chi connectivity index (χ1) is 12.3. The molecule has 0 saturated heterocycles. The number of aryl methyl sites for hydroxylation is 1. The number of alkyl halides is 1. The average molecular weight is 339 g/mol. The third-order valence-electron chi connectivity index (χ3n) is 3.96. The maximum absolute atomic E-state index is 12.7. The van der Waals surface area contributed by atoms with Gasteiger partial charge in [0.25, 0.3) is 0 Å². The van der Waals surface area contributed by atoms with E-state index in [0.717, 1.165) is 47.6 Å². The van der Waals surface area contributed by atoms with Gasteiger partial charge in [0, 0.05) is 29.7 Å². The zero-order chi connectivity index (χ0) is 17.5. The molecule has 0 amide bonds. The summed E-state index contributed by atoms with van der Waals surface area (Å²) in [6.07, 6.45) is 7.53. The number of benzene rings is 1. The second kappa shape index (κ2) is 8.42. The maximum Gasteiger partial charge on any atom is 0.119 e. The molecule has 0 aliphatic carbocycles. The van der Waals surface area contributed by atoms with Crippen LogP contribution in [0.2, 0.25) is 0 Å². The summed E-state index contributed by atoms with van der Waals surface area (Å²) in [5.74, 6) is 0.853. The molecular weight excluding hydrogens is 317 g/mol. The predicted octanol–water partition coefficient (Wildman–Crippen LogP) is 4.76. The molecular formula is C20H22FN3O. The van der Waals surface area contributed by atoms with Gasteiger partial charge in [-0.15, -0.1) is 0 Å². The normalized spacial score (nSPS) is 10.8. The van der Waals surface area contributed by atoms with Gasteiger partial charge in [-0.05, 0) is 48.4 Å². The van der Waals surface area contributed by atoms with E-state index in [9.17, 15) is 4.39 Å². The lowest BCUT2D eigenvalue weighted by Crippen LogP contribution is -1.99. The zero-order valence-corrected chi connectivity index (χ0v) is 14.4. The summed E-state index contributed by atoms with van der Waals surface area (Å²) in [7, 11) is 0. The summed E-state index contributed by atoms with van der Waals surface area (Å²) >= 11 is 0. The molecule has 0 bridgehead atoms. The van der Waals surface area contributed by atoms with Crippen molar-refractivity contribution in [3.63, 3.8) is 0 Å². The maximum atomic E-state index is 12.7. The summed E-state index contributed by atoms with van der Waals surface area (Å²) in [6, 6.07) is 11.8. The van der Waals surface area contributed by atoms with E-state index in [4.69, 9.17) is 4.74 Å². The van der Waals surface area contributed by atoms with Crippen LogP contribution in [0.3, 0.4) is 0 Å². The molecule has 4 nitrogen and oxygen atoms in total. The van der Waals surface area contributed by atoms with Gasteiger partial charge in [0.05, 0.1) is 13.2 Å². The Morgan fingerprint density at radius 1 is 1.04 bits per heavy atom. The summed E-state index contributed by atoms with van der Waals surface area (Å²) in [5.41, 5.74) is 3.79. The van der Waals surface area contributed by atoms with Gasteiger partial charge < -0.3 is 4.74 Å². The molecule has 0 radical (unpaired) electrons. The lowest BCUT2D eigenvalue weighted by atomic mass is 10.0. The molecule has 0 saturated carbocycles. The first kappa shape index (κ1) is 17.1. The predicted molar refractivity (Wildman–Crippen MR) is 97.3 cm³/mol. The Bertz CT molecular complexity index is 784. The fourth-order valence-corrected chi connectivity index (χ4v) is 2.62. The van der Waals surface area contributed by atoms with Crippen molar-refractivity contribution in [1.82, 2.24) is 14.8 Å². The van der Waals surface area contributed by atoms with Gasteiger partial charge in [-0.3, -0.25) is 9.67 Å². The van der Waals surface area contributed by atoms with Crippen LogP contribution in [0.5, 0.6) is 5.75 Å². The van der Waals surface area contributed by atoms with Crippen molar-refractivity contribution < 1.29 is 9.13 Å². The minimum Gasteiger partial charge on any atom is -0.494 e. The van der Waals surface area contributed by atoms with Crippen molar-refractivity contribution in [2.45, 2.75) is 26.3 Å². The second-order valence-corrected chi connectivity index (χ2v) is 5.81. The standard InChI is InChI=1S/C20H22FN3O/c1-2-3-14-25-18-6-4-17(5-7-18)20-19(15-24(23-20)13-10-21)16-8-11-22-12-9-16/h4-9,11-12,15H,2-3,10,13-14H2,1H3. The Kier molecular flexibility index (Phi) is 5.77. The minimum atomic E-state index is -0.443. The van der Waals surface area contributed by atoms with E-state index in [0.29, 0.717) is 0 Å². The van der Waals surface area contributed by atoms with E-state index >= 15 is 0 Å². The highest BCUT2D eigenvalue weighted by molar-refractivity contribution is 5.80. The van der Waals surface area contributed by atoms with E-state index in [1.54, 1.807) is 17.1 Å². The minimum absolute atomic E-state index is 0.246. The molecule has 3 rings (SSSR count). The van der Waals surface area contributed by atoms with Crippen molar-refractivity contribution >= 4 is 0 Å². The molecule has 2 aromatic heterocycles. The lowest BCUT2D eigenvalue weighted by Gasteiger charge is -2.07. The van der Waals surface area contributed by atoms with Gasteiger partial charge >= 0.3 is 0 Å². The number of rotatable bonds is 8. The molecule has 0 aliphatic rings. The fraction of sp³-hybridized carbons (Fsp3) is 0.300. The molecule has 1 aromatic carbocycles. The molecule has 25 heavy (non-hydrogen) atoms. The lowest BCUT2D eigenvalue weighted by molar-refractivity contribution is 0.309. The highest BCUT2D eigenvalue weighted by atomic mass is 19.1. The van der Waals surface area contributed by atoms with Crippen molar-refractivity contribution in [1.29, 1.82) is 0 Å². The number of pyridine rings is 1. The van der Waals surface area contributed by atoms with Crippen LogP contribution in [0.4, 0.5) is 4.39 Å². The molecule has 0 atom stereocenters. The van der Waals surface area contributed by atoms with Crippen LogP contribution in [0.1, 0.15) is 19.8 Å². The van der Waals surface area contributed by atoms with Crippen LogP contribution in [0, 0.1) is 0 Å². The highest BCUT2D eigenvalue weighted by Gasteiger charge is 2.13. The van der Waals surface area contributed by atoms with Gasteiger partial charge in [0.15, 0.2) is 0 Å². The number of ether oxygens (including phenoxy) is 1. The largest absolute Gasteiger partial charge is 0.494 e. The second-order valence-electron chi connectivity index (χ2n) is 5.81. The average Bonchev–Trinajstić information content (AvgIpc) is 3.08. The Hall–Kier alpha value is -2.69. The fourth-order valence-electron chi connectivity index (χ4n) is 2.62. The zero-order valence-electron chi connectivity index (χ0n) is 14.4. The van der Waals surface area contributed by atoms with Crippen molar-refractivity contribution in [2.24, 2.45) is 0 Å². The Morgan fingerprint density at radius 2 is 1.80 bits per heavy atom. The van der Waals surface area contributed by atoms with Crippen LogP contribution >= 0.6 is 0 Å². The van der Waals surface area contributed by atoms with Gasteiger partial charge in [0.2, 0.25) is 0 Å². The van der Waals surface area contributed by atoms with Gasteiger partial charge in [0.1, 0.15) is 18.1 Å². The smallest absolute Gasteiger partial charge is 0.119 e. The van der Waals surface area contributed by atoms with E-state index in [1.165, 1.54) is 0 Å². The SMILES string of the molecule is CCCCOc1ccc(-c2nn(CCF)cc2-c2ccncc2)cc1. The summed E-state index contributed by atoms with van der Waals surface area (Å²) in [5, 5.41) is 4.57. The number of hydrogen-bond donors (Lipinski definition) is 0. The van der Waals surface area contributed by atoms with Gasteiger partial charge in [-0.1, -0.05) is 13.3 Å². The monoisotopic (exact) mass is 339 g/mol. The number of halogens is 1. The number of hydrogen-bond acceptors (Lipinski definition) is 3. The number of aromatic nitrogens is 3. The first-order valence-electron chi connectivity index (χ1n) is 8.59. The topological polar surface area (TPSA) is 39.9 Å². The van der Waals surface area contributed by atoms with Crippen LogP contribution < -0.4 is 4.74 Å². The number of unbranched alkanes of at least 4 members (excludes halogenated alkanes) is 1. The van der Waals surface area contributed by atoms with Crippen molar-refractivity contribution in [3.05, 3.63) is 55.0 Å². The third kappa shape index (κ3) is 4.24. The Balaban J connectivity index is 1.90. The summed E-state index contributed by atoms with van der Waals surface area (Å²) in [4.78, 5) is 4.06. The molecule has 0 N–H and O–H groups in total. The molecule has 0 fully saturated rings. The van der Waals surface area contributed by atoms with E-state index in [2.05, 4.69) is 17.0 Å². The molecule has 2 heterocycles. The quantitative estimate of drug-likeness (QED) is 0.556. The van der Waals surface area contributed by atoms with Gasteiger partial charge in [-0.2, -0.15) is 5.10 Å². The van der Waals surface area contributed by atoms with E-state index < -0.39 is 6.67 Å². The van der Waals surface area contributed by atoms with Crippen molar-refractivity contribution in [3.8, 4) is 28.1 Å². The summed E-state index contributed by atoms with van der Waals surface area (Å²) < 4.78 is 20.1. The molecule has 0 spiro atoms. The number of nitrogens with zero attached hydrogens (tertiary/aromatic N) is 3. The van der Waals surface area contributed by atoms with E-state index in [1.807, 2.05) is 42.6 Å². The molecule has 5 heteroatoms. The molecule has 0 unspecified atom stereocenters. The van der Waals surface area contributed by atoms with Crippen LogP contribution in [-0.4, -0.2) is 28.0 Å². The Morgan fingerprint density at radius 3 is 2.48 bits per heavy atom.